The minimum Gasteiger partial charge on any atom is -0.375 e. The Morgan fingerprint density at radius 2 is 2.50 bits per heavy atom. The Hall–Kier alpha value is -2.15. The van der Waals surface area contributed by atoms with Crippen molar-refractivity contribution in [2.75, 3.05) is 25.1 Å². The number of hydrogen-bond donors (Lipinski definition) is 2. The molecule has 0 unspecified atom stereocenters. The number of aromatic amines is 1. The largest absolute Gasteiger partial charge is 0.375 e. The first kappa shape index (κ1) is 12.3. The number of fused-ring (bicyclic) bond motifs is 1. The molecule has 0 atom stereocenters. The standard InChI is InChI=1S/C11H15N5O2/c1-8(2)6-18-4-3-12-9-5-10-14-15-11(17)16(10)7-13-9/h5,7,12H,1,3-4,6H2,2H3,(H,15,17). The van der Waals surface area contributed by atoms with Crippen LogP contribution in [0.3, 0.4) is 0 Å². The summed E-state index contributed by atoms with van der Waals surface area (Å²) in [5.41, 5.74) is 1.22. The van der Waals surface area contributed by atoms with E-state index in [2.05, 4.69) is 27.1 Å². The third-order valence-electron chi connectivity index (χ3n) is 2.21. The first-order chi connectivity index (χ1) is 8.66. The Morgan fingerprint density at radius 3 is 3.28 bits per heavy atom. The predicted molar refractivity (Wildman–Crippen MR) is 67.7 cm³/mol. The van der Waals surface area contributed by atoms with Gasteiger partial charge in [0, 0.05) is 12.6 Å². The highest BCUT2D eigenvalue weighted by Gasteiger charge is 2.01. The molecule has 0 aliphatic carbocycles. The Bertz CT molecular complexity index is 601. The Morgan fingerprint density at radius 1 is 1.67 bits per heavy atom. The fraction of sp³-hybridized carbons (Fsp3) is 0.364. The molecule has 2 rings (SSSR count). The van der Waals surface area contributed by atoms with Crippen LogP contribution in [-0.2, 0) is 4.74 Å². The molecule has 0 aromatic carbocycles. The topological polar surface area (TPSA) is 84.3 Å². The molecule has 0 saturated heterocycles. The van der Waals surface area contributed by atoms with Crippen molar-refractivity contribution in [3.63, 3.8) is 0 Å². The van der Waals surface area contributed by atoms with Gasteiger partial charge in [0.1, 0.15) is 12.1 Å². The molecular formula is C11H15N5O2. The Kier molecular flexibility index (Phi) is 3.73. The van der Waals surface area contributed by atoms with Gasteiger partial charge in [-0.25, -0.2) is 19.3 Å². The number of H-pyrrole nitrogens is 1. The van der Waals surface area contributed by atoms with Crippen molar-refractivity contribution in [3.8, 4) is 0 Å². The molecule has 0 fully saturated rings. The number of nitrogens with zero attached hydrogens (tertiary/aromatic N) is 3. The second-order valence-corrected chi connectivity index (χ2v) is 3.97. The van der Waals surface area contributed by atoms with Crippen molar-refractivity contribution < 1.29 is 4.74 Å². The van der Waals surface area contributed by atoms with Crippen molar-refractivity contribution in [3.05, 3.63) is 35.0 Å². The maximum Gasteiger partial charge on any atom is 0.348 e. The summed E-state index contributed by atoms with van der Waals surface area (Å²) in [6, 6.07) is 1.69. The van der Waals surface area contributed by atoms with Gasteiger partial charge < -0.3 is 10.1 Å². The van der Waals surface area contributed by atoms with Crippen LogP contribution in [0.15, 0.2) is 29.3 Å². The van der Waals surface area contributed by atoms with Crippen LogP contribution in [0, 0.1) is 0 Å². The number of nitrogens with one attached hydrogen (secondary N) is 2. The Balaban J connectivity index is 1.88. The van der Waals surface area contributed by atoms with Gasteiger partial charge in [0.2, 0.25) is 0 Å². The zero-order chi connectivity index (χ0) is 13.0. The molecule has 0 saturated carbocycles. The average Bonchev–Trinajstić information content (AvgIpc) is 2.70. The van der Waals surface area contributed by atoms with Gasteiger partial charge in [-0.2, -0.15) is 5.10 Å². The molecule has 2 aromatic heterocycles. The first-order valence-electron chi connectivity index (χ1n) is 5.55. The summed E-state index contributed by atoms with van der Waals surface area (Å²) in [6.45, 7) is 7.41. The quantitative estimate of drug-likeness (QED) is 0.572. The van der Waals surface area contributed by atoms with E-state index in [4.69, 9.17) is 4.74 Å². The molecule has 2 aromatic rings. The summed E-state index contributed by atoms with van der Waals surface area (Å²) in [5.74, 6) is 0.653. The molecule has 18 heavy (non-hydrogen) atoms. The van der Waals surface area contributed by atoms with Crippen LogP contribution in [0.5, 0.6) is 0 Å². The number of hydrogen-bond acceptors (Lipinski definition) is 5. The fourth-order valence-electron chi connectivity index (χ4n) is 1.40. The molecule has 96 valence electrons. The molecule has 0 radical (unpaired) electrons. The summed E-state index contributed by atoms with van der Waals surface area (Å²) >= 11 is 0. The van der Waals surface area contributed by atoms with Crippen molar-refractivity contribution in [2.45, 2.75) is 6.92 Å². The highest BCUT2D eigenvalue weighted by Crippen LogP contribution is 2.03. The molecule has 7 heteroatoms. The number of anilines is 1. The van der Waals surface area contributed by atoms with Gasteiger partial charge in [0.25, 0.3) is 0 Å². The highest BCUT2D eigenvalue weighted by molar-refractivity contribution is 5.48. The monoisotopic (exact) mass is 249 g/mol. The molecule has 0 aliphatic heterocycles. The predicted octanol–water partition coefficient (Wildman–Crippen LogP) is 0.422. The van der Waals surface area contributed by atoms with E-state index in [0.717, 1.165) is 5.57 Å². The maximum atomic E-state index is 11.2. The lowest BCUT2D eigenvalue weighted by Crippen LogP contribution is -2.13. The summed E-state index contributed by atoms with van der Waals surface area (Å²) in [6.07, 6.45) is 1.43. The summed E-state index contributed by atoms with van der Waals surface area (Å²) < 4.78 is 6.68. The molecule has 0 aliphatic rings. The lowest BCUT2D eigenvalue weighted by Gasteiger charge is -2.06. The third kappa shape index (κ3) is 2.95. The summed E-state index contributed by atoms with van der Waals surface area (Å²) in [4.78, 5) is 15.3. The highest BCUT2D eigenvalue weighted by atomic mass is 16.5. The summed E-state index contributed by atoms with van der Waals surface area (Å²) in [5, 5.41) is 9.28. The molecule has 7 nitrogen and oxygen atoms in total. The summed E-state index contributed by atoms with van der Waals surface area (Å²) in [7, 11) is 0. The number of aromatic nitrogens is 4. The second-order valence-electron chi connectivity index (χ2n) is 3.97. The van der Waals surface area contributed by atoms with Crippen LogP contribution in [0.1, 0.15) is 6.92 Å². The molecule has 0 amide bonds. The van der Waals surface area contributed by atoms with Gasteiger partial charge in [-0.05, 0) is 6.92 Å². The van der Waals surface area contributed by atoms with Gasteiger partial charge in [0.15, 0.2) is 5.65 Å². The molecular weight excluding hydrogens is 234 g/mol. The SMILES string of the molecule is C=C(C)COCCNc1cc2n[nH]c(=O)n2cn1. The van der Waals surface area contributed by atoms with E-state index in [-0.39, 0.29) is 5.69 Å². The van der Waals surface area contributed by atoms with Crippen LogP contribution in [0.2, 0.25) is 0 Å². The van der Waals surface area contributed by atoms with E-state index in [1.165, 1.54) is 10.7 Å². The second kappa shape index (κ2) is 5.46. The maximum absolute atomic E-state index is 11.2. The van der Waals surface area contributed by atoms with Gasteiger partial charge in [-0.15, -0.1) is 0 Å². The molecule has 2 heterocycles. The van der Waals surface area contributed by atoms with Crippen LogP contribution in [0.4, 0.5) is 5.82 Å². The lowest BCUT2D eigenvalue weighted by molar-refractivity contribution is 0.167. The molecule has 0 spiro atoms. The van der Waals surface area contributed by atoms with E-state index < -0.39 is 0 Å². The zero-order valence-corrected chi connectivity index (χ0v) is 10.1. The minimum atomic E-state index is -0.297. The minimum absolute atomic E-state index is 0.297. The lowest BCUT2D eigenvalue weighted by atomic mass is 10.4. The normalized spacial score (nSPS) is 10.7. The van der Waals surface area contributed by atoms with E-state index in [1.54, 1.807) is 6.07 Å². The smallest absolute Gasteiger partial charge is 0.348 e. The van der Waals surface area contributed by atoms with Gasteiger partial charge >= 0.3 is 5.69 Å². The van der Waals surface area contributed by atoms with E-state index >= 15 is 0 Å². The van der Waals surface area contributed by atoms with E-state index in [0.29, 0.717) is 31.2 Å². The van der Waals surface area contributed by atoms with Crippen LogP contribution in [0.25, 0.3) is 5.65 Å². The first-order valence-corrected chi connectivity index (χ1v) is 5.55. The van der Waals surface area contributed by atoms with Gasteiger partial charge in [-0.1, -0.05) is 12.2 Å². The Labute approximate surface area is 104 Å². The average molecular weight is 249 g/mol. The van der Waals surface area contributed by atoms with Crippen LogP contribution in [-0.4, -0.2) is 39.3 Å². The van der Waals surface area contributed by atoms with Crippen LogP contribution >= 0.6 is 0 Å². The van der Waals surface area contributed by atoms with Gasteiger partial charge in [0.05, 0.1) is 13.2 Å². The van der Waals surface area contributed by atoms with Crippen LogP contribution < -0.4 is 11.0 Å². The van der Waals surface area contributed by atoms with E-state index in [9.17, 15) is 4.79 Å². The van der Waals surface area contributed by atoms with Crippen molar-refractivity contribution >= 4 is 11.5 Å². The number of rotatable bonds is 6. The van der Waals surface area contributed by atoms with Crippen molar-refractivity contribution in [2.24, 2.45) is 0 Å². The molecule has 0 bridgehead atoms. The van der Waals surface area contributed by atoms with E-state index in [1.807, 2.05) is 6.92 Å². The van der Waals surface area contributed by atoms with Crippen molar-refractivity contribution in [1.82, 2.24) is 19.6 Å². The van der Waals surface area contributed by atoms with Gasteiger partial charge in [-0.3, -0.25) is 0 Å². The van der Waals surface area contributed by atoms with Crippen molar-refractivity contribution in [1.29, 1.82) is 0 Å². The molecule has 2 N–H and O–H groups in total. The number of ether oxygens (including phenoxy) is 1. The zero-order valence-electron chi connectivity index (χ0n) is 10.1. The fourth-order valence-corrected chi connectivity index (χ4v) is 1.40. The third-order valence-corrected chi connectivity index (χ3v) is 2.21.